The summed E-state index contributed by atoms with van der Waals surface area (Å²) in [5, 5.41) is 2.91. The maximum absolute atomic E-state index is 12.1. The number of imidazole rings is 1. The van der Waals surface area contributed by atoms with Crippen molar-refractivity contribution in [1.82, 2.24) is 14.9 Å². The molecule has 5 heteroatoms. The van der Waals surface area contributed by atoms with Gasteiger partial charge < -0.3 is 14.3 Å². The molecule has 1 atom stereocenters. The van der Waals surface area contributed by atoms with Gasteiger partial charge in [-0.2, -0.15) is 0 Å². The van der Waals surface area contributed by atoms with Crippen LogP contribution in [0, 0.1) is 0 Å². The maximum atomic E-state index is 12.1. The van der Waals surface area contributed by atoms with E-state index in [9.17, 15) is 4.79 Å². The molecule has 0 spiro atoms. The average Bonchev–Trinajstić information content (AvgIpc) is 3.16. The molecule has 0 aliphatic carbocycles. The summed E-state index contributed by atoms with van der Waals surface area (Å²) in [6.45, 7) is 6.33. The second-order valence-electron chi connectivity index (χ2n) is 5.03. The Hall–Kier alpha value is -2.82. The van der Waals surface area contributed by atoms with E-state index in [0.29, 0.717) is 12.3 Å². The lowest BCUT2D eigenvalue weighted by molar-refractivity contribution is 0.0909. The van der Waals surface area contributed by atoms with Gasteiger partial charge in [-0.1, -0.05) is 18.2 Å². The SMILES string of the molecule is C=CCn1c([C@H](C)NC(=O)c2ccco2)nc2ccccc21. The first-order chi connectivity index (χ1) is 10.7. The van der Waals surface area contributed by atoms with Crippen molar-refractivity contribution in [3.63, 3.8) is 0 Å². The Morgan fingerprint density at radius 1 is 1.41 bits per heavy atom. The van der Waals surface area contributed by atoms with Crippen LogP contribution in [0.1, 0.15) is 29.3 Å². The van der Waals surface area contributed by atoms with Crippen molar-refractivity contribution in [2.45, 2.75) is 19.5 Å². The van der Waals surface area contributed by atoms with Crippen molar-refractivity contribution in [1.29, 1.82) is 0 Å². The van der Waals surface area contributed by atoms with E-state index in [1.165, 1.54) is 6.26 Å². The minimum atomic E-state index is -0.255. The van der Waals surface area contributed by atoms with Crippen molar-refractivity contribution in [3.05, 3.63) is 66.9 Å². The molecule has 0 unspecified atom stereocenters. The molecular formula is C17H17N3O2. The number of carbonyl (C=O) groups is 1. The topological polar surface area (TPSA) is 60.1 Å². The van der Waals surface area contributed by atoms with Crippen LogP contribution in [0.3, 0.4) is 0 Å². The smallest absolute Gasteiger partial charge is 0.287 e. The molecule has 0 saturated heterocycles. The number of allylic oxidation sites excluding steroid dienone is 1. The summed E-state index contributed by atoms with van der Waals surface area (Å²) in [6, 6.07) is 11.0. The number of nitrogens with zero attached hydrogens (tertiary/aromatic N) is 2. The Balaban J connectivity index is 1.93. The van der Waals surface area contributed by atoms with Crippen LogP contribution in [0.2, 0.25) is 0 Å². The lowest BCUT2D eigenvalue weighted by Gasteiger charge is -2.14. The first kappa shape index (κ1) is 14.1. The lowest BCUT2D eigenvalue weighted by atomic mass is 10.3. The first-order valence-corrected chi connectivity index (χ1v) is 7.11. The molecule has 0 saturated carbocycles. The van der Waals surface area contributed by atoms with Crippen molar-refractivity contribution < 1.29 is 9.21 Å². The average molecular weight is 295 g/mol. The van der Waals surface area contributed by atoms with Gasteiger partial charge in [0.15, 0.2) is 5.76 Å². The molecule has 0 aliphatic heterocycles. The number of para-hydroxylation sites is 2. The van der Waals surface area contributed by atoms with Gasteiger partial charge in [0, 0.05) is 6.54 Å². The standard InChI is InChI=1S/C17H17N3O2/c1-3-10-20-14-8-5-4-7-13(14)19-16(20)12(2)18-17(21)15-9-6-11-22-15/h3-9,11-12H,1,10H2,2H3,(H,18,21)/t12-/m0/s1. The highest BCUT2D eigenvalue weighted by molar-refractivity contribution is 5.91. The van der Waals surface area contributed by atoms with Gasteiger partial charge in [-0.05, 0) is 31.2 Å². The lowest BCUT2D eigenvalue weighted by Crippen LogP contribution is -2.28. The van der Waals surface area contributed by atoms with Crippen molar-refractivity contribution in [2.75, 3.05) is 0 Å². The number of hydrogen-bond acceptors (Lipinski definition) is 3. The van der Waals surface area contributed by atoms with Crippen molar-refractivity contribution in [3.8, 4) is 0 Å². The Kier molecular flexibility index (Phi) is 3.78. The molecule has 5 nitrogen and oxygen atoms in total. The summed E-state index contributed by atoms with van der Waals surface area (Å²) >= 11 is 0. The Morgan fingerprint density at radius 2 is 2.23 bits per heavy atom. The summed E-state index contributed by atoms with van der Waals surface area (Å²) in [7, 11) is 0. The number of hydrogen-bond donors (Lipinski definition) is 1. The zero-order valence-electron chi connectivity index (χ0n) is 12.3. The van der Waals surface area contributed by atoms with Gasteiger partial charge in [0.25, 0.3) is 5.91 Å². The molecule has 3 rings (SSSR count). The van der Waals surface area contributed by atoms with E-state index in [-0.39, 0.29) is 11.9 Å². The van der Waals surface area contributed by atoms with E-state index in [1.807, 2.05) is 37.3 Å². The number of rotatable bonds is 5. The van der Waals surface area contributed by atoms with Crippen molar-refractivity contribution in [2.24, 2.45) is 0 Å². The molecule has 0 fully saturated rings. The normalized spacial score (nSPS) is 12.2. The molecule has 0 bridgehead atoms. The summed E-state index contributed by atoms with van der Waals surface area (Å²) in [6.07, 6.45) is 3.30. The van der Waals surface area contributed by atoms with E-state index in [0.717, 1.165) is 16.9 Å². The van der Waals surface area contributed by atoms with Crippen LogP contribution < -0.4 is 5.32 Å². The minimum Gasteiger partial charge on any atom is -0.459 e. The van der Waals surface area contributed by atoms with Gasteiger partial charge in [-0.3, -0.25) is 4.79 Å². The van der Waals surface area contributed by atoms with Gasteiger partial charge in [-0.15, -0.1) is 6.58 Å². The van der Waals surface area contributed by atoms with E-state index >= 15 is 0 Å². The number of nitrogens with one attached hydrogen (secondary N) is 1. The molecule has 1 N–H and O–H groups in total. The minimum absolute atomic E-state index is 0.245. The van der Waals surface area contributed by atoms with Gasteiger partial charge in [0.1, 0.15) is 5.82 Å². The number of benzene rings is 1. The summed E-state index contributed by atoms with van der Waals surface area (Å²) < 4.78 is 7.16. The number of amides is 1. The molecule has 3 aromatic rings. The molecule has 2 aromatic heterocycles. The fraction of sp³-hybridized carbons (Fsp3) is 0.176. The van der Waals surface area contributed by atoms with Gasteiger partial charge >= 0.3 is 0 Å². The predicted molar refractivity (Wildman–Crippen MR) is 84.5 cm³/mol. The van der Waals surface area contributed by atoms with Gasteiger partial charge in [0.05, 0.1) is 23.3 Å². The Morgan fingerprint density at radius 3 is 2.95 bits per heavy atom. The van der Waals surface area contributed by atoms with Gasteiger partial charge in [-0.25, -0.2) is 4.98 Å². The van der Waals surface area contributed by atoms with E-state index in [2.05, 4.69) is 21.4 Å². The van der Waals surface area contributed by atoms with E-state index in [4.69, 9.17) is 4.42 Å². The molecule has 22 heavy (non-hydrogen) atoms. The third-order valence-corrected chi connectivity index (χ3v) is 3.48. The highest BCUT2D eigenvalue weighted by atomic mass is 16.3. The van der Waals surface area contributed by atoms with Crippen LogP contribution >= 0.6 is 0 Å². The fourth-order valence-corrected chi connectivity index (χ4v) is 2.49. The molecular weight excluding hydrogens is 278 g/mol. The van der Waals surface area contributed by atoms with Crippen LogP contribution in [0.15, 0.2) is 59.7 Å². The van der Waals surface area contributed by atoms with Crippen LogP contribution in [0.5, 0.6) is 0 Å². The van der Waals surface area contributed by atoms with E-state index in [1.54, 1.807) is 12.1 Å². The molecule has 1 aromatic carbocycles. The predicted octanol–water partition coefficient (Wildman–Crippen LogP) is 3.31. The summed E-state index contributed by atoms with van der Waals surface area (Å²) in [5.41, 5.74) is 1.93. The fourth-order valence-electron chi connectivity index (χ4n) is 2.49. The third-order valence-electron chi connectivity index (χ3n) is 3.48. The zero-order valence-corrected chi connectivity index (χ0v) is 12.3. The molecule has 1 amide bonds. The molecule has 112 valence electrons. The number of carbonyl (C=O) groups excluding carboxylic acids is 1. The number of aromatic nitrogens is 2. The second-order valence-corrected chi connectivity index (χ2v) is 5.03. The maximum Gasteiger partial charge on any atom is 0.287 e. The quantitative estimate of drug-likeness (QED) is 0.735. The Bertz CT molecular complexity index is 803. The summed E-state index contributed by atoms with van der Waals surface area (Å²) in [5.74, 6) is 0.828. The van der Waals surface area contributed by atoms with Crippen LogP contribution in [0.25, 0.3) is 11.0 Å². The number of fused-ring (bicyclic) bond motifs is 1. The zero-order chi connectivity index (χ0) is 15.5. The first-order valence-electron chi connectivity index (χ1n) is 7.11. The molecule has 2 heterocycles. The highest BCUT2D eigenvalue weighted by Crippen LogP contribution is 2.21. The highest BCUT2D eigenvalue weighted by Gasteiger charge is 2.19. The second kappa shape index (κ2) is 5.89. The van der Waals surface area contributed by atoms with Crippen LogP contribution in [0.4, 0.5) is 0 Å². The van der Waals surface area contributed by atoms with Crippen LogP contribution in [-0.4, -0.2) is 15.5 Å². The Labute approximate surface area is 128 Å². The third kappa shape index (κ3) is 2.53. The molecule has 0 aliphatic rings. The van der Waals surface area contributed by atoms with Crippen LogP contribution in [-0.2, 0) is 6.54 Å². The van der Waals surface area contributed by atoms with E-state index < -0.39 is 0 Å². The number of furan rings is 1. The monoisotopic (exact) mass is 295 g/mol. The largest absolute Gasteiger partial charge is 0.459 e. The van der Waals surface area contributed by atoms with Gasteiger partial charge in [0.2, 0.25) is 0 Å². The van der Waals surface area contributed by atoms with Crippen molar-refractivity contribution >= 4 is 16.9 Å². The molecule has 0 radical (unpaired) electrons. The summed E-state index contributed by atoms with van der Waals surface area (Å²) in [4.78, 5) is 16.7.